The van der Waals surface area contributed by atoms with Crippen molar-refractivity contribution < 1.29 is 27.5 Å². The molecule has 1 atom stereocenters. The Balaban J connectivity index is 1.48. The minimum absolute atomic E-state index is 0.134. The second-order valence-corrected chi connectivity index (χ2v) is 9.07. The molecule has 0 radical (unpaired) electrons. The zero-order chi connectivity index (χ0) is 23.6. The Bertz CT molecular complexity index is 1160. The van der Waals surface area contributed by atoms with Crippen molar-refractivity contribution >= 4 is 38.5 Å². The predicted octanol–water partition coefficient (Wildman–Crippen LogP) is 3.74. The van der Waals surface area contributed by atoms with Crippen LogP contribution in [0.3, 0.4) is 0 Å². The van der Waals surface area contributed by atoms with Crippen LogP contribution in [0.1, 0.15) is 24.8 Å². The van der Waals surface area contributed by atoms with Gasteiger partial charge in [0.05, 0.1) is 10.2 Å². The Morgan fingerprint density at radius 1 is 1.18 bits per heavy atom. The zero-order valence-corrected chi connectivity index (χ0v) is 18.1. The van der Waals surface area contributed by atoms with Crippen molar-refractivity contribution in [3.05, 3.63) is 54.1 Å². The van der Waals surface area contributed by atoms with Crippen LogP contribution in [0.4, 0.5) is 18.3 Å². The van der Waals surface area contributed by atoms with Crippen LogP contribution < -0.4 is 21.1 Å². The molecule has 1 saturated carbocycles. The van der Waals surface area contributed by atoms with Gasteiger partial charge in [-0.3, -0.25) is 9.59 Å². The summed E-state index contributed by atoms with van der Waals surface area (Å²) in [5, 5.41) is 5.61. The highest BCUT2D eigenvalue weighted by Crippen LogP contribution is 2.35. The van der Waals surface area contributed by atoms with Crippen molar-refractivity contribution in [3.63, 3.8) is 0 Å². The molecule has 2 aromatic carbocycles. The van der Waals surface area contributed by atoms with Crippen LogP contribution in [0, 0.1) is 0 Å². The van der Waals surface area contributed by atoms with E-state index in [-0.39, 0.29) is 29.6 Å². The largest absolute Gasteiger partial charge is 0.573 e. The van der Waals surface area contributed by atoms with E-state index in [1.807, 2.05) is 30.3 Å². The lowest BCUT2D eigenvalue weighted by atomic mass is 10.0. The summed E-state index contributed by atoms with van der Waals surface area (Å²) in [5.41, 5.74) is 6.78. The molecule has 2 amide bonds. The molecule has 0 aliphatic heterocycles. The number of hydrogen-bond acceptors (Lipinski definition) is 6. The van der Waals surface area contributed by atoms with E-state index in [1.165, 1.54) is 12.1 Å². The van der Waals surface area contributed by atoms with Gasteiger partial charge in [-0.25, -0.2) is 4.98 Å². The smallest absolute Gasteiger partial charge is 0.406 e. The van der Waals surface area contributed by atoms with E-state index in [0.29, 0.717) is 10.2 Å². The number of amides is 2. The molecule has 1 aromatic heterocycles. The van der Waals surface area contributed by atoms with Crippen LogP contribution in [-0.2, 0) is 16.0 Å². The Labute approximate surface area is 191 Å². The number of rotatable bonds is 8. The number of thiazole rings is 1. The van der Waals surface area contributed by atoms with Crippen molar-refractivity contribution in [2.75, 3.05) is 5.32 Å². The van der Waals surface area contributed by atoms with Crippen LogP contribution in [0.5, 0.6) is 5.75 Å². The molecule has 0 unspecified atom stereocenters. The molecule has 0 spiro atoms. The molecular formula is C22H21F3N4O3S. The van der Waals surface area contributed by atoms with E-state index in [4.69, 9.17) is 5.73 Å². The summed E-state index contributed by atoms with van der Waals surface area (Å²) in [7, 11) is 0. The second-order valence-electron chi connectivity index (χ2n) is 8.03. The standard InChI is InChI=1S/C22H21F3N4O3S/c23-22(24,25)32-14-6-7-15-17(11-14)33-20(28-15)29-19(31)16(10-13-4-2-1-3-5-13)27-18(30)12-21(26)8-9-21/h1-7,11,16H,8-10,12,26H2,(H,27,30)(H,28,29,31)/t16-/m0/s1. The molecule has 7 nitrogen and oxygen atoms in total. The number of anilines is 1. The fraction of sp³-hybridized carbons (Fsp3) is 0.318. The molecule has 33 heavy (non-hydrogen) atoms. The van der Waals surface area contributed by atoms with E-state index in [1.54, 1.807) is 0 Å². The minimum Gasteiger partial charge on any atom is -0.406 e. The molecule has 0 bridgehead atoms. The van der Waals surface area contributed by atoms with Crippen molar-refractivity contribution in [1.29, 1.82) is 0 Å². The Kier molecular flexibility index (Phi) is 6.26. The van der Waals surface area contributed by atoms with Crippen molar-refractivity contribution in [2.45, 2.75) is 43.6 Å². The van der Waals surface area contributed by atoms with E-state index >= 15 is 0 Å². The second kappa shape index (κ2) is 8.99. The number of aromatic nitrogens is 1. The van der Waals surface area contributed by atoms with E-state index in [9.17, 15) is 22.8 Å². The molecule has 4 N–H and O–H groups in total. The number of nitrogens with two attached hydrogens (primary N) is 1. The van der Waals surface area contributed by atoms with Gasteiger partial charge in [-0.05, 0) is 30.5 Å². The zero-order valence-electron chi connectivity index (χ0n) is 17.3. The maximum absolute atomic E-state index is 13.0. The molecule has 4 rings (SSSR count). The predicted molar refractivity (Wildman–Crippen MR) is 118 cm³/mol. The molecule has 1 heterocycles. The van der Waals surface area contributed by atoms with Gasteiger partial charge in [-0.15, -0.1) is 13.2 Å². The van der Waals surface area contributed by atoms with Gasteiger partial charge in [-0.1, -0.05) is 41.7 Å². The average molecular weight is 478 g/mol. The highest BCUT2D eigenvalue weighted by atomic mass is 32.1. The van der Waals surface area contributed by atoms with Crippen molar-refractivity contribution in [1.82, 2.24) is 10.3 Å². The van der Waals surface area contributed by atoms with Crippen LogP contribution in [0.15, 0.2) is 48.5 Å². The van der Waals surface area contributed by atoms with Crippen molar-refractivity contribution in [2.24, 2.45) is 5.73 Å². The summed E-state index contributed by atoms with van der Waals surface area (Å²) in [4.78, 5) is 29.7. The number of benzene rings is 2. The number of nitrogens with one attached hydrogen (secondary N) is 2. The van der Waals surface area contributed by atoms with Crippen LogP contribution in [0.2, 0.25) is 0 Å². The maximum atomic E-state index is 13.0. The summed E-state index contributed by atoms with van der Waals surface area (Å²) in [6.45, 7) is 0. The molecule has 3 aromatic rings. The van der Waals surface area contributed by atoms with Gasteiger partial charge in [0.1, 0.15) is 11.8 Å². The summed E-state index contributed by atoms with van der Waals surface area (Å²) in [5.74, 6) is -1.18. The third-order valence-electron chi connectivity index (χ3n) is 5.16. The molecule has 1 aliphatic rings. The van der Waals surface area contributed by atoms with Gasteiger partial charge >= 0.3 is 6.36 Å². The van der Waals surface area contributed by atoms with E-state index in [0.717, 1.165) is 35.8 Å². The monoisotopic (exact) mass is 478 g/mol. The van der Waals surface area contributed by atoms with Crippen LogP contribution >= 0.6 is 11.3 Å². The van der Waals surface area contributed by atoms with E-state index < -0.39 is 23.9 Å². The van der Waals surface area contributed by atoms with E-state index in [2.05, 4.69) is 20.4 Å². The topological polar surface area (TPSA) is 106 Å². The lowest BCUT2D eigenvalue weighted by Gasteiger charge is -2.19. The molecule has 174 valence electrons. The minimum atomic E-state index is -4.80. The average Bonchev–Trinajstić information content (AvgIpc) is 3.31. The van der Waals surface area contributed by atoms with Gasteiger partial charge < -0.3 is 21.1 Å². The summed E-state index contributed by atoms with van der Waals surface area (Å²) in [6.07, 6.45) is -2.89. The molecule has 0 saturated heterocycles. The third kappa shape index (κ3) is 6.42. The quantitative estimate of drug-likeness (QED) is 0.457. The molecule has 1 aliphatic carbocycles. The van der Waals surface area contributed by atoms with Crippen LogP contribution in [0.25, 0.3) is 10.2 Å². The number of carbonyl (C=O) groups is 2. The number of halogens is 3. The first kappa shape index (κ1) is 23.0. The fourth-order valence-electron chi connectivity index (χ4n) is 3.31. The number of hydrogen-bond donors (Lipinski definition) is 3. The molecule has 11 heteroatoms. The third-order valence-corrected chi connectivity index (χ3v) is 6.10. The van der Waals surface area contributed by atoms with Crippen molar-refractivity contribution in [3.8, 4) is 5.75 Å². The first-order valence-electron chi connectivity index (χ1n) is 10.2. The molecule has 1 fully saturated rings. The van der Waals surface area contributed by atoms with Gasteiger partial charge in [-0.2, -0.15) is 0 Å². The van der Waals surface area contributed by atoms with Gasteiger partial charge in [0.2, 0.25) is 11.8 Å². The summed E-state index contributed by atoms with van der Waals surface area (Å²) in [6, 6.07) is 12.1. The Hall–Kier alpha value is -3.18. The maximum Gasteiger partial charge on any atom is 0.573 e. The number of carbonyl (C=O) groups excluding carboxylic acids is 2. The Morgan fingerprint density at radius 2 is 1.91 bits per heavy atom. The number of alkyl halides is 3. The number of nitrogens with zero attached hydrogens (tertiary/aromatic N) is 1. The first-order chi connectivity index (χ1) is 15.6. The van der Waals surface area contributed by atoms with Gasteiger partial charge in [0, 0.05) is 24.4 Å². The fourth-order valence-corrected chi connectivity index (χ4v) is 4.21. The normalized spacial score (nSPS) is 15.6. The Morgan fingerprint density at radius 3 is 2.58 bits per heavy atom. The summed E-state index contributed by atoms with van der Waals surface area (Å²) >= 11 is 1.01. The highest BCUT2D eigenvalue weighted by Gasteiger charge is 2.40. The molecular weight excluding hydrogens is 457 g/mol. The number of ether oxygens (including phenoxy) is 1. The summed E-state index contributed by atoms with van der Waals surface area (Å²) < 4.78 is 41.7. The SMILES string of the molecule is NC1(CC(=O)N[C@@H](Cc2ccccc2)C(=O)Nc2nc3ccc(OC(F)(F)F)cc3s2)CC1. The van der Waals surface area contributed by atoms with Gasteiger partial charge in [0.15, 0.2) is 5.13 Å². The van der Waals surface area contributed by atoms with Gasteiger partial charge in [0.25, 0.3) is 0 Å². The van der Waals surface area contributed by atoms with Crippen LogP contribution in [-0.4, -0.2) is 34.7 Å². The number of fused-ring (bicyclic) bond motifs is 1. The lowest BCUT2D eigenvalue weighted by molar-refractivity contribution is -0.274. The highest BCUT2D eigenvalue weighted by molar-refractivity contribution is 7.22. The first-order valence-corrected chi connectivity index (χ1v) is 11.0. The lowest BCUT2D eigenvalue weighted by Crippen LogP contribution is -2.47.